The highest BCUT2D eigenvalue weighted by molar-refractivity contribution is 7.91. The third-order valence-electron chi connectivity index (χ3n) is 5.44. The van der Waals surface area contributed by atoms with Gasteiger partial charge in [0.2, 0.25) is 5.91 Å². The van der Waals surface area contributed by atoms with E-state index < -0.39 is 40.9 Å². The van der Waals surface area contributed by atoms with E-state index in [1.807, 2.05) is 0 Å². The smallest absolute Gasteiger partial charge is 0.414 e. The number of nitrogens with zero attached hydrogens (tertiary/aromatic N) is 2. The topological polar surface area (TPSA) is 105 Å². The highest BCUT2D eigenvalue weighted by Crippen LogP contribution is 2.60. The maximum absolute atomic E-state index is 14.6. The van der Waals surface area contributed by atoms with Crippen LogP contribution < -0.4 is 10.2 Å². The minimum absolute atomic E-state index is 0.00308. The van der Waals surface area contributed by atoms with Crippen LogP contribution in [0.5, 0.6) is 0 Å². The lowest BCUT2D eigenvalue weighted by Gasteiger charge is -2.16. The van der Waals surface area contributed by atoms with E-state index in [4.69, 9.17) is 10.00 Å². The van der Waals surface area contributed by atoms with Crippen molar-refractivity contribution in [2.45, 2.75) is 18.4 Å². The van der Waals surface area contributed by atoms with E-state index in [1.165, 1.54) is 0 Å². The van der Waals surface area contributed by atoms with Gasteiger partial charge in [-0.1, -0.05) is 11.2 Å². The molecule has 1 aromatic rings. The van der Waals surface area contributed by atoms with E-state index in [-0.39, 0.29) is 48.5 Å². The van der Waals surface area contributed by atoms with E-state index in [0.717, 1.165) is 17.0 Å². The molecule has 2 amide bonds. The summed E-state index contributed by atoms with van der Waals surface area (Å²) in [7, 11) is 0. The minimum atomic E-state index is -0.895. The van der Waals surface area contributed by atoms with Crippen molar-refractivity contribution in [1.29, 1.82) is 5.26 Å². The summed E-state index contributed by atoms with van der Waals surface area (Å²) in [5.74, 6) is -1.10. The Morgan fingerprint density at radius 2 is 2.00 bits per heavy atom. The number of benzene rings is 1. The SMILES string of the molecule is N#CCC(=O)NC[C@H]1CN(c2cc(F)c(C3[C@H]4C[S+]([O-])C[C@@H]34)c(F)c2)C(=O)O1. The standard InChI is InChI=1S/C18H17F2N3O4S/c19-13-3-9(4-14(20)17(13)16-11-7-28(26)8-12(11)16)23-6-10(27-18(23)25)5-22-15(24)1-2-21/h3-4,10-12,16H,1,5-8H2,(H,22,24)/t10-,11-,12+,16?,28?/m0/s1. The highest BCUT2D eigenvalue weighted by Gasteiger charge is 2.61. The van der Waals surface area contributed by atoms with E-state index in [0.29, 0.717) is 11.5 Å². The molecule has 2 heterocycles. The van der Waals surface area contributed by atoms with Crippen LogP contribution in [0.1, 0.15) is 17.9 Å². The van der Waals surface area contributed by atoms with Gasteiger partial charge >= 0.3 is 6.09 Å². The van der Waals surface area contributed by atoms with E-state index in [1.54, 1.807) is 6.07 Å². The minimum Gasteiger partial charge on any atom is -0.616 e. The van der Waals surface area contributed by atoms with Crippen molar-refractivity contribution in [1.82, 2.24) is 5.32 Å². The van der Waals surface area contributed by atoms with Gasteiger partial charge in [0, 0.05) is 23.3 Å². The van der Waals surface area contributed by atoms with Gasteiger partial charge < -0.3 is 14.6 Å². The molecule has 148 valence electrons. The van der Waals surface area contributed by atoms with E-state index in [9.17, 15) is 22.9 Å². The molecule has 3 aliphatic rings. The molecular formula is C18H17F2N3O4S. The average Bonchev–Trinajstić information content (AvgIpc) is 2.96. The molecule has 2 aliphatic heterocycles. The Balaban J connectivity index is 1.44. The molecule has 2 saturated heterocycles. The average molecular weight is 409 g/mol. The van der Waals surface area contributed by atoms with Crippen molar-refractivity contribution in [2.75, 3.05) is 29.5 Å². The van der Waals surface area contributed by atoms with Gasteiger partial charge in [-0.25, -0.2) is 13.6 Å². The van der Waals surface area contributed by atoms with Crippen molar-refractivity contribution >= 4 is 28.9 Å². The largest absolute Gasteiger partial charge is 0.616 e. The van der Waals surface area contributed by atoms with Crippen LogP contribution in [0.2, 0.25) is 0 Å². The van der Waals surface area contributed by atoms with Crippen LogP contribution >= 0.6 is 0 Å². The first-order valence-corrected chi connectivity index (χ1v) is 10.3. The maximum atomic E-state index is 14.6. The van der Waals surface area contributed by atoms with Crippen LogP contribution in [-0.4, -0.2) is 47.3 Å². The number of carbonyl (C=O) groups excluding carboxylic acids is 2. The van der Waals surface area contributed by atoms with Crippen LogP contribution in [0.3, 0.4) is 0 Å². The van der Waals surface area contributed by atoms with E-state index in [2.05, 4.69) is 5.32 Å². The number of hydrogen-bond acceptors (Lipinski definition) is 5. The van der Waals surface area contributed by atoms with Gasteiger partial charge in [-0.05, 0) is 12.1 Å². The highest BCUT2D eigenvalue weighted by atomic mass is 32.2. The van der Waals surface area contributed by atoms with Gasteiger partial charge in [0.15, 0.2) is 0 Å². The Kier molecular flexibility index (Phi) is 4.89. The molecule has 2 unspecified atom stereocenters. The number of cyclic esters (lactones) is 1. The fourth-order valence-electron chi connectivity index (χ4n) is 4.07. The number of nitrogens with one attached hydrogen (secondary N) is 1. The predicted molar refractivity (Wildman–Crippen MR) is 94.8 cm³/mol. The zero-order chi connectivity index (χ0) is 20.0. The molecule has 1 aliphatic carbocycles. The number of nitriles is 1. The lowest BCUT2D eigenvalue weighted by atomic mass is 10.1. The van der Waals surface area contributed by atoms with Gasteiger partial charge in [-0.2, -0.15) is 5.26 Å². The number of fused-ring (bicyclic) bond motifs is 1. The lowest BCUT2D eigenvalue weighted by Crippen LogP contribution is -2.34. The first kappa shape index (κ1) is 19.0. The second-order valence-corrected chi connectivity index (χ2v) is 8.75. The zero-order valence-electron chi connectivity index (χ0n) is 14.7. The molecule has 3 fully saturated rings. The quantitative estimate of drug-likeness (QED) is 0.741. The molecule has 0 spiro atoms. The number of amides is 2. The van der Waals surface area contributed by atoms with Crippen LogP contribution in [0.25, 0.3) is 0 Å². The Bertz CT molecular complexity index is 842. The molecule has 0 bridgehead atoms. The molecular weight excluding hydrogens is 392 g/mol. The number of carbonyl (C=O) groups is 2. The monoisotopic (exact) mass is 409 g/mol. The molecule has 1 aromatic carbocycles. The summed E-state index contributed by atoms with van der Waals surface area (Å²) in [5.41, 5.74) is 0.0484. The Labute approximate surface area is 162 Å². The normalized spacial score (nSPS) is 30.6. The van der Waals surface area contributed by atoms with Crippen LogP contribution in [-0.2, 0) is 20.7 Å². The third kappa shape index (κ3) is 3.40. The summed E-state index contributed by atoms with van der Waals surface area (Å²) in [4.78, 5) is 24.5. The lowest BCUT2D eigenvalue weighted by molar-refractivity contribution is -0.120. The second kappa shape index (κ2) is 7.22. The Morgan fingerprint density at radius 1 is 1.36 bits per heavy atom. The summed E-state index contributed by atoms with van der Waals surface area (Å²) in [6.45, 7) is 0.0337. The summed E-state index contributed by atoms with van der Waals surface area (Å²) in [6.07, 6.45) is -1.75. The van der Waals surface area contributed by atoms with Gasteiger partial charge in [0.25, 0.3) is 0 Å². The van der Waals surface area contributed by atoms with E-state index >= 15 is 0 Å². The van der Waals surface area contributed by atoms with Crippen molar-refractivity contribution < 1.29 is 27.7 Å². The van der Waals surface area contributed by atoms with Gasteiger partial charge in [-0.3, -0.25) is 9.69 Å². The van der Waals surface area contributed by atoms with Crippen molar-refractivity contribution in [2.24, 2.45) is 11.8 Å². The van der Waals surface area contributed by atoms with Crippen molar-refractivity contribution in [3.63, 3.8) is 0 Å². The van der Waals surface area contributed by atoms with Crippen molar-refractivity contribution in [3.05, 3.63) is 29.3 Å². The van der Waals surface area contributed by atoms with Crippen LogP contribution in [0.15, 0.2) is 12.1 Å². The number of ether oxygens (including phenoxy) is 1. The molecule has 1 saturated carbocycles. The Hall–Kier alpha value is -2.38. The molecule has 0 aromatic heterocycles. The molecule has 10 heteroatoms. The summed E-state index contributed by atoms with van der Waals surface area (Å²) < 4.78 is 45.9. The first-order valence-electron chi connectivity index (χ1n) is 8.84. The molecule has 4 rings (SSSR count). The molecule has 0 radical (unpaired) electrons. The fourth-order valence-corrected chi connectivity index (χ4v) is 5.97. The third-order valence-corrected chi connectivity index (χ3v) is 6.95. The molecule has 5 atom stereocenters. The van der Waals surface area contributed by atoms with Crippen LogP contribution in [0, 0.1) is 34.8 Å². The summed E-state index contributed by atoms with van der Waals surface area (Å²) in [6, 6.07) is 3.93. The van der Waals surface area contributed by atoms with Crippen molar-refractivity contribution in [3.8, 4) is 6.07 Å². The first-order chi connectivity index (χ1) is 13.4. The molecule has 7 nitrogen and oxygen atoms in total. The zero-order valence-corrected chi connectivity index (χ0v) is 15.5. The number of anilines is 1. The molecule has 28 heavy (non-hydrogen) atoms. The number of rotatable bonds is 5. The van der Waals surface area contributed by atoms with Gasteiger partial charge in [0.05, 0.1) is 24.8 Å². The summed E-state index contributed by atoms with van der Waals surface area (Å²) >= 11 is -0.895. The maximum Gasteiger partial charge on any atom is 0.414 e. The number of hydrogen-bond donors (Lipinski definition) is 1. The number of halogens is 2. The summed E-state index contributed by atoms with van der Waals surface area (Å²) in [5, 5.41) is 10.9. The Morgan fingerprint density at radius 3 is 2.61 bits per heavy atom. The van der Waals surface area contributed by atoms with Gasteiger partial charge in [0.1, 0.15) is 35.7 Å². The van der Waals surface area contributed by atoms with Crippen LogP contribution in [0.4, 0.5) is 19.3 Å². The van der Waals surface area contributed by atoms with Gasteiger partial charge in [-0.15, -0.1) is 0 Å². The predicted octanol–water partition coefficient (Wildman–Crippen LogP) is 1.41. The molecule has 1 N–H and O–H groups in total. The second-order valence-electron chi connectivity index (χ2n) is 7.21. The fraction of sp³-hybridized carbons (Fsp3) is 0.500.